The summed E-state index contributed by atoms with van der Waals surface area (Å²) in [5.41, 5.74) is 5.22. The zero-order valence-corrected chi connectivity index (χ0v) is 29.6. The van der Waals surface area contributed by atoms with E-state index in [1.807, 2.05) is 20.9 Å². The first-order valence-corrected chi connectivity index (χ1v) is 17.8. The number of phenols is 2. The first-order chi connectivity index (χ1) is 23.9. The Bertz CT molecular complexity index is 1880. The molecule has 50 heavy (non-hydrogen) atoms. The van der Waals surface area contributed by atoms with Crippen LogP contribution < -0.4 is 20.1 Å². The van der Waals surface area contributed by atoms with Gasteiger partial charge < -0.3 is 35.1 Å². The SMILES string of the molecule is C/C=C/C(=O)NC(C)C(=O)N[C@H]1CS[C@@H]2c3c(O)c(C)c4c(c3[C@H](COC1=O)N1C2[C@H]2c3c(cc(C)c(C)c3O)C[C@@H]([C@@H]1C#N)N2C)OCO4. The molecule has 0 saturated carbocycles. The van der Waals surface area contributed by atoms with Crippen LogP contribution in [0.15, 0.2) is 18.2 Å². The third kappa shape index (κ3) is 5.08. The fourth-order valence-electron chi connectivity index (χ4n) is 8.45. The molecule has 0 aliphatic carbocycles. The minimum Gasteiger partial charge on any atom is -0.507 e. The number of likely N-dealkylation sites (N-methyl/N-ethyl adjacent to an activating group) is 1. The molecule has 0 aromatic heterocycles. The van der Waals surface area contributed by atoms with Crippen LogP contribution in [0.25, 0.3) is 0 Å². The number of phenolic OH excluding ortho intramolecular Hbond substituents is 2. The summed E-state index contributed by atoms with van der Waals surface area (Å²) in [6.07, 6.45) is 3.40. The lowest BCUT2D eigenvalue weighted by molar-refractivity contribution is -0.152. The summed E-state index contributed by atoms with van der Waals surface area (Å²) in [4.78, 5) is 43.4. The van der Waals surface area contributed by atoms with Crippen molar-refractivity contribution in [2.75, 3.05) is 26.2 Å². The number of esters is 1. The molecule has 2 fully saturated rings. The Morgan fingerprint density at radius 3 is 2.54 bits per heavy atom. The molecule has 2 saturated heterocycles. The molecule has 2 aromatic carbocycles. The number of piperazine rings is 1. The van der Waals surface area contributed by atoms with E-state index in [9.17, 15) is 29.9 Å². The topological polar surface area (TPSA) is 174 Å². The number of nitriles is 1. The molecule has 0 radical (unpaired) electrons. The maximum absolute atomic E-state index is 13.7. The van der Waals surface area contributed by atoms with Gasteiger partial charge >= 0.3 is 5.97 Å². The molecular formula is C36H41N5O8S. The number of thioether (sulfide) groups is 1. The largest absolute Gasteiger partial charge is 0.507 e. The van der Waals surface area contributed by atoms with Gasteiger partial charge in [0.05, 0.1) is 23.4 Å². The number of hydrogen-bond acceptors (Lipinski definition) is 12. The van der Waals surface area contributed by atoms with E-state index in [2.05, 4.69) is 32.6 Å². The average Bonchev–Trinajstić information content (AvgIpc) is 3.57. The molecule has 2 aromatic rings. The molecule has 2 amide bonds. The number of nitrogens with zero attached hydrogens (tertiary/aromatic N) is 3. The van der Waals surface area contributed by atoms with Crippen LogP contribution in [0.2, 0.25) is 0 Å². The molecule has 0 spiro atoms. The standard InChI is InChI=1S/C36H41N5O8S/c1-7-8-24(42)38-18(5)35(45)39-20-13-50-34-27-26(33-32(48-14-49-33)17(4)31(27)44)23(12-47-36(20)46)41-22(11-37)21-10-19-9-15(2)16(3)30(43)25(19)28(29(34)41)40(21)6/h7-9,18,20-23,28-29,34,43-44H,10,12-14H2,1-6H3,(H,38,42)(H,39,45)/b8-7+/t18?,20-,21-,22-,23-,28+,29?,34+/m0/s1. The van der Waals surface area contributed by atoms with E-state index in [4.69, 9.17) is 14.2 Å². The van der Waals surface area contributed by atoms with Crippen LogP contribution in [0.5, 0.6) is 23.0 Å². The number of carbonyl (C=O) groups excluding carboxylic acids is 3. The van der Waals surface area contributed by atoms with Gasteiger partial charge in [-0.2, -0.15) is 5.26 Å². The Labute approximate surface area is 294 Å². The predicted octanol–water partition coefficient (Wildman–Crippen LogP) is 2.88. The van der Waals surface area contributed by atoms with Crippen molar-refractivity contribution >= 4 is 29.5 Å². The Morgan fingerprint density at radius 2 is 1.82 bits per heavy atom. The molecule has 6 aliphatic rings. The van der Waals surface area contributed by atoms with Gasteiger partial charge in [-0.05, 0) is 70.9 Å². The summed E-state index contributed by atoms with van der Waals surface area (Å²) in [7, 11) is 1.98. The third-order valence-corrected chi connectivity index (χ3v) is 12.4. The van der Waals surface area contributed by atoms with Crippen molar-refractivity contribution in [2.45, 2.75) is 88.6 Å². The van der Waals surface area contributed by atoms with Gasteiger partial charge in [-0.25, -0.2) is 4.79 Å². The summed E-state index contributed by atoms with van der Waals surface area (Å²) >= 11 is 1.36. The molecule has 8 rings (SSSR count). The van der Waals surface area contributed by atoms with Crippen LogP contribution in [0.3, 0.4) is 0 Å². The molecule has 14 heteroatoms. The summed E-state index contributed by atoms with van der Waals surface area (Å²) in [6.45, 7) is 8.59. The minimum atomic E-state index is -1.08. The molecule has 4 N–H and O–H groups in total. The summed E-state index contributed by atoms with van der Waals surface area (Å²) < 4.78 is 17.9. The van der Waals surface area contributed by atoms with Crippen LogP contribution in [0.4, 0.5) is 0 Å². The molecule has 13 nitrogen and oxygen atoms in total. The van der Waals surface area contributed by atoms with Crippen molar-refractivity contribution in [2.24, 2.45) is 0 Å². The third-order valence-electron chi connectivity index (χ3n) is 11.0. The van der Waals surface area contributed by atoms with Crippen LogP contribution in [0.1, 0.15) is 70.1 Å². The predicted molar refractivity (Wildman–Crippen MR) is 183 cm³/mol. The van der Waals surface area contributed by atoms with Gasteiger partial charge in [0.25, 0.3) is 0 Å². The second-order valence-corrected chi connectivity index (χ2v) is 14.9. The summed E-state index contributed by atoms with van der Waals surface area (Å²) in [6, 6.07) is 0.128. The van der Waals surface area contributed by atoms with Crippen molar-refractivity contribution < 1.29 is 38.8 Å². The Kier molecular flexibility index (Phi) is 8.64. The molecule has 4 bridgehead atoms. The summed E-state index contributed by atoms with van der Waals surface area (Å²) in [5.74, 6) is -0.512. The monoisotopic (exact) mass is 703 g/mol. The molecule has 264 valence electrons. The normalized spacial score (nSPS) is 28.9. The lowest BCUT2D eigenvalue weighted by Crippen LogP contribution is -2.69. The first kappa shape index (κ1) is 34.0. The van der Waals surface area contributed by atoms with Gasteiger partial charge in [0.15, 0.2) is 11.5 Å². The smallest absolute Gasteiger partial charge is 0.329 e. The van der Waals surface area contributed by atoms with E-state index >= 15 is 0 Å². The minimum absolute atomic E-state index is 0.0258. The van der Waals surface area contributed by atoms with Crippen LogP contribution in [-0.2, 0) is 25.5 Å². The zero-order chi connectivity index (χ0) is 35.8. The highest BCUT2D eigenvalue weighted by Gasteiger charge is 2.60. The lowest BCUT2D eigenvalue weighted by Gasteiger charge is -2.61. The number of nitrogens with one attached hydrogen (secondary N) is 2. The number of aryl methyl sites for hydroxylation is 1. The fourth-order valence-corrected chi connectivity index (χ4v) is 9.96. The molecule has 2 unspecified atom stereocenters. The first-order valence-electron chi connectivity index (χ1n) is 16.8. The van der Waals surface area contributed by atoms with E-state index < -0.39 is 59.3 Å². The van der Waals surface area contributed by atoms with Crippen molar-refractivity contribution in [3.63, 3.8) is 0 Å². The van der Waals surface area contributed by atoms with Crippen molar-refractivity contribution in [3.05, 3.63) is 57.2 Å². The van der Waals surface area contributed by atoms with E-state index in [0.29, 0.717) is 34.6 Å². The highest BCUT2D eigenvalue weighted by atomic mass is 32.2. The second kappa shape index (κ2) is 12.7. The van der Waals surface area contributed by atoms with E-state index in [1.165, 1.54) is 24.8 Å². The quantitative estimate of drug-likeness (QED) is 0.271. The van der Waals surface area contributed by atoms with Crippen molar-refractivity contribution in [1.82, 2.24) is 20.4 Å². The van der Waals surface area contributed by atoms with E-state index in [1.54, 1.807) is 19.9 Å². The van der Waals surface area contributed by atoms with Gasteiger partial charge in [-0.3, -0.25) is 19.4 Å². The van der Waals surface area contributed by atoms with Gasteiger partial charge in [-0.1, -0.05) is 12.1 Å². The van der Waals surface area contributed by atoms with Crippen LogP contribution in [-0.4, -0.2) is 94.2 Å². The van der Waals surface area contributed by atoms with Crippen LogP contribution >= 0.6 is 11.8 Å². The number of allylic oxidation sites excluding steroid dienone is 1. The number of rotatable bonds is 4. The Hall–Kier alpha value is -4.45. The van der Waals surface area contributed by atoms with Crippen LogP contribution in [0, 0.1) is 32.1 Å². The van der Waals surface area contributed by atoms with Gasteiger partial charge in [0.2, 0.25) is 18.6 Å². The van der Waals surface area contributed by atoms with Crippen molar-refractivity contribution in [1.29, 1.82) is 5.26 Å². The number of ether oxygens (including phenoxy) is 3. The molecule has 6 aliphatic heterocycles. The number of aromatic hydroxyl groups is 2. The maximum Gasteiger partial charge on any atom is 0.329 e. The maximum atomic E-state index is 13.7. The summed E-state index contributed by atoms with van der Waals surface area (Å²) in [5, 5.41) is 39.4. The molecular weight excluding hydrogens is 662 g/mol. The number of carbonyl (C=O) groups is 3. The fraction of sp³-hybridized carbons (Fsp3) is 0.500. The van der Waals surface area contributed by atoms with Gasteiger partial charge in [0.1, 0.15) is 36.2 Å². The number of benzene rings is 2. The lowest BCUT2D eigenvalue weighted by atomic mass is 9.71. The van der Waals surface area contributed by atoms with Crippen molar-refractivity contribution in [3.8, 4) is 29.1 Å². The van der Waals surface area contributed by atoms with Gasteiger partial charge in [0, 0.05) is 40.1 Å². The average molecular weight is 704 g/mol. The zero-order valence-electron chi connectivity index (χ0n) is 28.8. The molecule has 8 atom stereocenters. The van der Waals surface area contributed by atoms with E-state index in [0.717, 1.165) is 22.3 Å². The highest BCUT2D eigenvalue weighted by molar-refractivity contribution is 7.99. The number of hydrogen-bond donors (Lipinski definition) is 4. The second-order valence-electron chi connectivity index (χ2n) is 13.7. The van der Waals surface area contributed by atoms with E-state index in [-0.39, 0.29) is 36.7 Å². The Balaban J connectivity index is 1.38. The number of amides is 2. The Morgan fingerprint density at radius 1 is 1.10 bits per heavy atom. The number of fused-ring (bicyclic) bond motifs is 10. The molecule has 6 heterocycles. The van der Waals surface area contributed by atoms with Gasteiger partial charge in [-0.15, -0.1) is 11.8 Å². The highest BCUT2D eigenvalue weighted by Crippen LogP contribution is 2.63.